The van der Waals surface area contributed by atoms with Gasteiger partial charge in [0.05, 0.1) is 28.0 Å². The van der Waals surface area contributed by atoms with Crippen LogP contribution in [0.3, 0.4) is 0 Å². The molecule has 2 aromatic heterocycles. The van der Waals surface area contributed by atoms with Crippen molar-refractivity contribution in [1.29, 1.82) is 0 Å². The molecule has 1 atom stereocenters. The molecule has 2 heterocycles. The highest BCUT2D eigenvalue weighted by molar-refractivity contribution is 7.92. The van der Waals surface area contributed by atoms with Crippen molar-refractivity contribution in [3.8, 4) is 5.69 Å². The second kappa shape index (κ2) is 13.6. The van der Waals surface area contributed by atoms with E-state index < -0.39 is 73.9 Å². The van der Waals surface area contributed by atoms with Gasteiger partial charge in [-0.2, -0.15) is 0 Å². The van der Waals surface area contributed by atoms with E-state index in [1.54, 1.807) is 20.8 Å². The third kappa shape index (κ3) is 7.98. The normalized spacial score (nSPS) is 12.2. The number of aliphatic carboxylic acids is 1. The summed E-state index contributed by atoms with van der Waals surface area (Å²) in [7, 11) is -3.00. The largest absolute Gasteiger partial charge is 0.480 e. The van der Waals surface area contributed by atoms with Gasteiger partial charge in [0.1, 0.15) is 17.7 Å². The molecule has 0 aliphatic carbocycles. The van der Waals surface area contributed by atoms with Crippen LogP contribution < -0.4 is 26.6 Å². The van der Waals surface area contributed by atoms with Crippen LogP contribution in [0.1, 0.15) is 36.8 Å². The number of pyridine rings is 1. The molecule has 4 rings (SSSR count). The lowest BCUT2D eigenvalue weighted by atomic mass is 9.95. The van der Waals surface area contributed by atoms with Gasteiger partial charge >= 0.3 is 11.7 Å². The van der Waals surface area contributed by atoms with Crippen molar-refractivity contribution in [2.75, 3.05) is 10.0 Å². The smallest absolute Gasteiger partial charge is 0.335 e. The molecule has 2 amide bonds. The molecule has 0 aliphatic rings. The lowest BCUT2D eigenvalue weighted by Gasteiger charge is -2.18. The Labute approximate surface area is 272 Å². The van der Waals surface area contributed by atoms with Crippen LogP contribution in [0.15, 0.2) is 81.5 Å². The van der Waals surface area contributed by atoms with E-state index in [1.165, 1.54) is 48.1 Å². The molecule has 4 aromatic rings. The quantitative estimate of drug-likeness (QED) is 0.194. The number of halogens is 2. The summed E-state index contributed by atoms with van der Waals surface area (Å²) in [5.41, 5.74) is -3.14. The maximum atomic E-state index is 15.0. The molecule has 0 saturated carbocycles. The van der Waals surface area contributed by atoms with Gasteiger partial charge in [-0.15, -0.1) is 0 Å². The molecule has 0 unspecified atom stereocenters. The van der Waals surface area contributed by atoms with Crippen molar-refractivity contribution in [1.82, 2.24) is 19.4 Å². The zero-order valence-electron chi connectivity index (χ0n) is 25.9. The molecule has 17 heteroatoms. The number of carboxylic acids is 1. The Balaban J connectivity index is 1.47. The van der Waals surface area contributed by atoms with E-state index in [1.807, 2.05) is 4.72 Å². The van der Waals surface area contributed by atoms with Gasteiger partial charge in [-0.3, -0.25) is 24.1 Å². The molecule has 48 heavy (non-hydrogen) atoms. The van der Waals surface area contributed by atoms with E-state index in [0.29, 0.717) is 17.8 Å². The van der Waals surface area contributed by atoms with E-state index in [0.717, 1.165) is 22.9 Å². The number of carbonyl (C=O) groups excluding carboxylic acids is 2. The molecular weight excluding hydrogens is 654 g/mol. The average molecular weight is 685 g/mol. The first-order chi connectivity index (χ1) is 22.4. The minimum atomic E-state index is -4.44. The fraction of sp³-hybridized carbons (Fsp3) is 0.226. The number of nitrogens with zero attached hydrogens (tertiary/aromatic N) is 3. The van der Waals surface area contributed by atoms with Crippen LogP contribution >= 0.6 is 0 Å². The van der Waals surface area contributed by atoms with Gasteiger partial charge in [0.2, 0.25) is 5.91 Å². The number of carboxylic acid groups (broad SMARTS) is 1. The molecule has 0 aliphatic heterocycles. The van der Waals surface area contributed by atoms with Gasteiger partial charge < -0.3 is 20.3 Å². The maximum absolute atomic E-state index is 15.0. The second-order valence-corrected chi connectivity index (χ2v) is 13.3. The third-order valence-corrected chi connectivity index (χ3v) is 8.27. The highest BCUT2D eigenvalue weighted by atomic mass is 32.2. The van der Waals surface area contributed by atoms with Gasteiger partial charge in [0.15, 0.2) is 0 Å². The Morgan fingerprint density at radius 2 is 1.65 bits per heavy atom. The minimum Gasteiger partial charge on any atom is -0.480 e. The Kier molecular flexibility index (Phi) is 9.93. The fourth-order valence-corrected chi connectivity index (χ4v) is 5.22. The van der Waals surface area contributed by atoms with E-state index in [2.05, 4.69) is 15.6 Å². The van der Waals surface area contributed by atoms with Crippen molar-refractivity contribution in [3.05, 3.63) is 111 Å². The van der Waals surface area contributed by atoms with Gasteiger partial charge in [0, 0.05) is 48.6 Å². The highest BCUT2D eigenvalue weighted by Gasteiger charge is 2.26. The lowest BCUT2D eigenvalue weighted by molar-refractivity contribution is -0.139. The number of anilines is 2. The summed E-state index contributed by atoms with van der Waals surface area (Å²) in [6.07, 6.45) is 2.04. The molecular formula is C31H30F2N6O8S. The fourth-order valence-electron chi connectivity index (χ4n) is 4.16. The van der Waals surface area contributed by atoms with Crippen LogP contribution in [0.5, 0.6) is 0 Å². The topological polar surface area (TPSA) is 199 Å². The summed E-state index contributed by atoms with van der Waals surface area (Å²) in [6, 6.07) is 7.96. The second-order valence-electron chi connectivity index (χ2n) is 11.6. The molecule has 0 fully saturated rings. The first-order valence-corrected chi connectivity index (χ1v) is 15.6. The summed E-state index contributed by atoms with van der Waals surface area (Å²) >= 11 is 0. The van der Waals surface area contributed by atoms with Gasteiger partial charge in [0.25, 0.3) is 21.5 Å². The number of benzene rings is 2. The summed E-state index contributed by atoms with van der Waals surface area (Å²) in [6.45, 7) is 5.08. The van der Waals surface area contributed by atoms with E-state index in [-0.39, 0.29) is 22.2 Å². The predicted molar refractivity (Wildman–Crippen MR) is 169 cm³/mol. The summed E-state index contributed by atoms with van der Waals surface area (Å²) in [4.78, 5) is 65.1. The molecule has 14 nitrogen and oxygen atoms in total. The van der Waals surface area contributed by atoms with Crippen molar-refractivity contribution < 1.29 is 36.7 Å². The molecule has 252 valence electrons. The van der Waals surface area contributed by atoms with Crippen molar-refractivity contribution in [2.24, 2.45) is 12.5 Å². The third-order valence-electron chi connectivity index (χ3n) is 6.89. The highest BCUT2D eigenvalue weighted by Crippen LogP contribution is 2.25. The number of amides is 2. The van der Waals surface area contributed by atoms with Crippen molar-refractivity contribution in [2.45, 2.75) is 38.1 Å². The summed E-state index contributed by atoms with van der Waals surface area (Å²) in [5.74, 6) is -5.83. The van der Waals surface area contributed by atoms with Crippen molar-refractivity contribution >= 4 is 39.2 Å². The molecule has 0 saturated heterocycles. The number of aryl methyl sites for hydroxylation is 1. The molecule has 0 bridgehead atoms. The summed E-state index contributed by atoms with van der Waals surface area (Å²) in [5, 5.41) is 14.4. The van der Waals surface area contributed by atoms with Crippen LogP contribution in [0, 0.1) is 17.0 Å². The van der Waals surface area contributed by atoms with Crippen LogP contribution in [-0.2, 0) is 33.1 Å². The number of carbonyl (C=O) groups is 3. The van der Waals surface area contributed by atoms with Crippen LogP contribution in [0.25, 0.3) is 5.69 Å². The number of rotatable bonds is 10. The standard InChI is InChI=1S/C31H30F2N6O8S/c1-31(2,3)29(44)35-17-6-9-20(10-7-17)48(46,47)37-24-15-22(32)21(14-23(24)33)27(41)36-25(28(42)43)13-18-5-8-19(16-34-18)39-26(40)11-12-38(4)30(39)45/h5-12,14-16,25,37H,13H2,1-4H3,(H,35,44)(H,36,41)(H,42,43)/t25-/m0/s1. The first kappa shape index (κ1) is 35.1. The van der Waals surface area contributed by atoms with Gasteiger partial charge in [-0.25, -0.2) is 31.4 Å². The number of hydrogen-bond donors (Lipinski definition) is 4. The Bertz CT molecular complexity index is 2120. The number of sulfonamides is 1. The maximum Gasteiger partial charge on any atom is 0.335 e. The average Bonchev–Trinajstić information content (AvgIpc) is 3.01. The molecule has 2 aromatic carbocycles. The predicted octanol–water partition coefficient (Wildman–Crippen LogP) is 2.42. The van der Waals surface area contributed by atoms with Crippen LogP contribution in [0.4, 0.5) is 20.2 Å². The van der Waals surface area contributed by atoms with E-state index in [9.17, 15) is 46.3 Å². The van der Waals surface area contributed by atoms with Gasteiger partial charge in [-0.05, 0) is 42.5 Å². The van der Waals surface area contributed by atoms with E-state index >= 15 is 0 Å². The van der Waals surface area contributed by atoms with Crippen LogP contribution in [-0.4, -0.2) is 51.5 Å². The van der Waals surface area contributed by atoms with Crippen molar-refractivity contribution in [3.63, 3.8) is 0 Å². The van der Waals surface area contributed by atoms with E-state index in [4.69, 9.17) is 0 Å². The number of hydrogen-bond acceptors (Lipinski definition) is 8. The van der Waals surface area contributed by atoms with Crippen LogP contribution in [0.2, 0.25) is 0 Å². The molecule has 4 N–H and O–H groups in total. The first-order valence-electron chi connectivity index (χ1n) is 14.1. The SMILES string of the molecule is Cn1ccc(=O)n(-c2ccc(C[C@H](NC(=O)c3cc(F)c(NS(=O)(=O)c4ccc(NC(=O)C(C)(C)C)cc4)cc3F)C(=O)O)nc2)c1=O. The zero-order chi connectivity index (χ0) is 35.6. The molecule has 0 radical (unpaired) electrons. The number of aromatic nitrogens is 3. The summed E-state index contributed by atoms with van der Waals surface area (Å²) < 4.78 is 59.6. The number of nitrogens with one attached hydrogen (secondary N) is 3. The minimum absolute atomic E-state index is 0.107. The lowest BCUT2D eigenvalue weighted by Crippen LogP contribution is -2.42. The zero-order valence-corrected chi connectivity index (χ0v) is 26.8. The Morgan fingerprint density at radius 3 is 2.23 bits per heavy atom. The Morgan fingerprint density at radius 1 is 0.979 bits per heavy atom. The monoisotopic (exact) mass is 684 g/mol. The Hall–Kier alpha value is -5.71. The molecule has 0 spiro atoms. The van der Waals surface area contributed by atoms with Gasteiger partial charge in [-0.1, -0.05) is 20.8 Å².